The Bertz CT molecular complexity index is 559. The minimum atomic E-state index is -1.21. The van der Waals surface area contributed by atoms with Gasteiger partial charge in [0.05, 0.1) is 12.6 Å². The number of likely N-dealkylation sites (tertiary alicyclic amines) is 2. The fourth-order valence-electron chi connectivity index (χ4n) is 3.99. The molecule has 2 heterocycles. The average molecular weight is 346 g/mol. The number of benzene rings is 1. The van der Waals surface area contributed by atoms with E-state index in [9.17, 15) is 15.0 Å². The number of nitrogens with zero attached hydrogens (tertiary/aromatic N) is 2. The Hall–Kier alpha value is -1.43. The summed E-state index contributed by atoms with van der Waals surface area (Å²) in [7, 11) is 0. The molecule has 0 saturated carbocycles. The Morgan fingerprint density at radius 1 is 1.12 bits per heavy atom. The van der Waals surface area contributed by atoms with Crippen LogP contribution in [0.1, 0.15) is 37.7 Å². The smallest absolute Gasteiger partial charge is 0.223 e. The zero-order valence-electron chi connectivity index (χ0n) is 14.9. The van der Waals surface area contributed by atoms with Crippen molar-refractivity contribution in [2.45, 2.75) is 50.2 Å². The maximum atomic E-state index is 12.6. The zero-order chi connectivity index (χ0) is 17.7. The maximum absolute atomic E-state index is 12.6. The molecule has 2 aliphatic rings. The Kier molecular flexibility index (Phi) is 6.10. The lowest BCUT2D eigenvalue weighted by molar-refractivity contribution is -0.156. The summed E-state index contributed by atoms with van der Waals surface area (Å²) < 4.78 is 0. The van der Waals surface area contributed by atoms with E-state index in [-0.39, 0.29) is 12.5 Å². The molecule has 2 N–H and O–H groups in total. The van der Waals surface area contributed by atoms with Crippen molar-refractivity contribution in [1.82, 2.24) is 9.80 Å². The van der Waals surface area contributed by atoms with E-state index in [0.29, 0.717) is 32.4 Å². The first-order valence-electron chi connectivity index (χ1n) is 9.51. The molecule has 2 aliphatic heterocycles. The number of piperidine rings is 2. The van der Waals surface area contributed by atoms with Crippen LogP contribution in [-0.4, -0.2) is 70.3 Å². The second-order valence-corrected chi connectivity index (χ2v) is 7.55. The van der Waals surface area contributed by atoms with Crippen LogP contribution in [0.15, 0.2) is 30.3 Å². The number of β-amino-alcohol motifs (C(OH)–C–C–N with tert-alkyl or cyclic N) is 1. The fraction of sp³-hybridized carbons (Fsp3) is 0.650. The van der Waals surface area contributed by atoms with Gasteiger partial charge in [0.15, 0.2) is 0 Å². The lowest BCUT2D eigenvalue weighted by atomic mass is 9.88. The van der Waals surface area contributed by atoms with Crippen molar-refractivity contribution in [1.29, 1.82) is 0 Å². The molecule has 25 heavy (non-hydrogen) atoms. The number of aryl methyl sites for hydroxylation is 1. The number of carbonyl (C=O) groups is 1. The third-order valence-corrected chi connectivity index (χ3v) is 5.53. The Balaban J connectivity index is 1.56. The van der Waals surface area contributed by atoms with E-state index >= 15 is 0 Å². The number of aliphatic hydroxyl groups is 2. The van der Waals surface area contributed by atoms with Crippen molar-refractivity contribution in [2.75, 3.05) is 32.7 Å². The quantitative estimate of drug-likeness (QED) is 0.847. The van der Waals surface area contributed by atoms with Crippen LogP contribution < -0.4 is 0 Å². The van der Waals surface area contributed by atoms with Crippen molar-refractivity contribution >= 4 is 5.91 Å². The fourth-order valence-corrected chi connectivity index (χ4v) is 3.99. The third kappa shape index (κ3) is 4.81. The first kappa shape index (κ1) is 18.4. The molecule has 2 fully saturated rings. The van der Waals surface area contributed by atoms with Crippen LogP contribution in [-0.2, 0) is 11.2 Å². The van der Waals surface area contributed by atoms with E-state index in [1.165, 1.54) is 6.42 Å². The van der Waals surface area contributed by atoms with Gasteiger partial charge in [-0.05, 0) is 44.3 Å². The van der Waals surface area contributed by atoms with Crippen molar-refractivity contribution in [3.63, 3.8) is 0 Å². The van der Waals surface area contributed by atoms with Crippen LogP contribution in [0.3, 0.4) is 0 Å². The Morgan fingerprint density at radius 2 is 1.84 bits per heavy atom. The molecule has 0 bridgehead atoms. The summed E-state index contributed by atoms with van der Waals surface area (Å²) in [5, 5.41) is 21.4. The van der Waals surface area contributed by atoms with Gasteiger partial charge in [0.2, 0.25) is 5.91 Å². The van der Waals surface area contributed by atoms with E-state index in [4.69, 9.17) is 0 Å². The first-order valence-corrected chi connectivity index (χ1v) is 9.51. The van der Waals surface area contributed by atoms with Crippen LogP contribution in [0.5, 0.6) is 0 Å². The van der Waals surface area contributed by atoms with Crippen molar-refractivity contribution in [3.05, 3.63) is 35.9 Å². The highest BCUT2D eigenvalue weighted by atomic mass is 16.3. The lowest BCUT2D eigenvalue weighted by Crippen LogP contribution is -2.63. The Morgan fingerprint density at radius 3 is 2.56 bits per heavy atom. The van der Waals surface area contributed by atoms with Gasteiger partial charge in [-0.25, -0.2) is 0 Å². The van der Waals surface area contributed by atoms with Gasteiger partial charge in [-0.15, -0.1) is 0 Å². The monoisotopic (exact) mass is 346 g/mol. The van der Waals surface area contributed by atoms with Gasteiger partial charge in [0, 0.05) is 19.5 Å². The van der Waals surface area contributed by atoms with Gasteiger partial charge >= 0.3 is 0 Å². The summed E-state index contributed by atoms with van der Waals surface area (Å²) in [5.41, 5.74) is -0.0608. The van der Waals surface area contributed by atoms with E-state index in [1.807, 2.05) is 30.3 Å². The normalized spacial score (nSPS) is 28.1. The molecule has 5 nitrogen and oxygen atoms in total. The molecular weight excluding hydrogens is 316 g/mol. The minimum absolute atomic E-state index is 0.0628. The molecular formula is C20H30N2O3. The van der Waals surface area contributed by atoms with Gasteiger partial charge in [0.25, 0.3) is 0 Å². The highest BCUT2D eigenvalue weighted by Crippen LogP contribution is 2.25. The minimum Gasteiger partial charge on any atom is -0.390 e. The number of aliphatic hydroxyl groups excluding tert-OH is 1. The molecule has 2 saturated heterocycles. The summed E-state index contributed by atoms with van der Waals surface area (Å²) in [4.78, 5) is 16.5. The molecule has 3 rings (SSSR count). The van der Waals surface area contributed by atoms with Gasteiger partial charge in [-0.2, -0.15) is 0 Å². The predicted molar refractivity (Wildman–Crippen MR) is 97.2 cm³/mol. The van der Waals surface area contributed by atoms with Crippen LogP contribution >= 0.6 is 0 Å². The molecule has 0 aliphatic carbocycles. The zero-order valence-corrected chi connectivity index (χ0v) is 14.9. The van der Waals surface area contributed by atoms with Crippen LogP contribution in [0.25, 0.3) is 0 Å². The van der Waals surface area contributed by atoms with E-state index in [1.54, 1.807) is 4.90 Å². The largest absolute Gasteiger partial charge is 0.390 e. The van der Waals surface area contributed by atoms with Crippen LogP contribution in [0, 0.1) is 0 Å². The molecule has 1 amide bonds. The van der Waals surface area contributed by atoms with Crippen LogP contribution in [0.4, 0.5) is 0 Å². The van der Waals surface area contributed by atoms with E-state index in [2.05, 4.69) is 4.90 Å². The lowest BCUT2D eigenvalue weighted by Gasteiger charge is -2.45. The van der Waals surface area contributed by atoms with Gasteiger partial charge in [-0.1, -0.05) is 36.8 Å². The molecule has 0 radical (unpaired) electrons. The second kappa shape index (κ2) is 8.30. The highest BCUT2D eigenvalue weighted by Gasteiger charge is 2.43. The van der Waals surface area contributed by atoms with Gasteiger partial charge in [-0.3, -0.25) is 4.79 Å². The molecule has 2 atom stereocenters. The van der Waals surface area contributed by atoms with Crippen LogP contribution in [0.2, 0.25) is 0 Å². The van der Waals surface area contributed by atoms with Crippen molar-refractivity contribution in [2.24, 2.45) is 0 Å². The summed E-state index contributed by atoms with van der Waals surface area (Å²) in [6.07, 6.45) is 4.37. The summed E-state index contributed by atoms with van der Waals surface area (Å²) in [6.45, 7) is 3.15. The average Bonchev–Trinajstić information content (AvgIpc) is 2.64. The molecule has 1 aromatic rings. The maximum Gasteiger partial charge on any atom is 0.223 e. The number of hydrogen-bond acceptors (Lipinski definition) is 4. The third-order valence-electron chi connectivity index (χ3n) is 5.53. The molecule has 138 valence electrons. The van der Waals surface area contributed by atoms with Gasteiger partial charge < -0.3 is 20.0 Å². The number of hydrogen-bond donors (Lipinski definition) is 2. The SMILES string of the molecule is O=C(CCc1ccccc1)N1CC[C@H](O)[C@@](O)(CN2CCCCC2)C1. The summed E-state index contributed by atoms with van der Waals surface area (Å²) in [5.74, 6) is 0.0628. The molecule has 1 aromatic carbocycles. The number of rotatable bonds is 5. The number of amides is 1. The predicted octanol–water partition coefficient (Wildman–Crippen LogP) is 1.43. The molecule has 0 unspecified atom stereocenters. The summed E-state index contributed by atoms with van der Waals surface area (Å²) >= 11 is 0. The van der Waals surface area contributed by atoms with E-state index in [0.717, 1.165) is 31.5 Å². The number of carbonyl (C=O) groups excluding carboxylic acids is 1. The standard InChI is InChI=1S/C20H30N2O3/c23-18-11-14-22(19(24)10-9-17-7-3-1-4-8-17)16-20(18,25)15-21-12-5-2-6-13-21/h1,3-4,7-8,18,23,25H,2,5-6,9-16H2/t18-,20+/m0/s1. The molecule has 0 aromatic heterocycles. The first-order chi connectivity index (χ1) is 12.1. The molecule has 5 heteroatoms. The summed E-state index contributed by atoms with van der Waals surface area (Å²) in [6, 6.07) is 9.99. The van der Waals surface area contributed by atoms with Gasteiger partial charge in [0.1, 0.15) is 5.60 Å². The Labute approximate surface area is 150 Å². The van der Waals surface area contributed by atoms with Crippen molar-refractivity contribution in [3.8, 4) is 0 Å². The van der Waals surface area contributed by atoms with E-state index < -0.39 is 11.7 Å². The second-order valence-electron chi connectivity index (χ2n) is 7.55. The highest BCUT2D eigenvalue weighted by molar-refractivity contribution is 5.76. The molecule has 0 spiro atoms. The topological polar surface area (TPSA) is 64.0 Å². The van der Waals surface area contributed by atoms with Crippen molar-refractivity contribution < 1.29 is 15.0 Å².